The van der Waals surface area contributed by atoms with Crippen molar-refractivity contribution < 1.29 is 23.4 Å². The monoisotopic (exact) mass is 343 g/mol. The van der Waals surface area contributed by atoms with Gasteiger partial charge in [0.15, 0.2) is 0 Å². The number of ether oxygens (including phenoxy) is 1. The number of rotatable bonds is 4. The van der Waals surface area contributed by atoms with E-state index in [1.54, 1.807) is 0 Å². The van der Waals surface area contributed by atoms with Crippen LogP contribution in [0.5, 0.6) is 5.88 Å². The maximum absolute atomic E-state index is 12.6. The van der Waals surface area contributed by atoms with Gasteiger partial charge in [-0.1, -0.05) is 0 Å². The van der Waals surface area contributed by atoms with Crippen LogP contribution in [-0.2, 0) is 11.2 Å². The van der Waals surface area contributed by atoms with Crippen LogP contribution in [0.4, 0.5) is 8.78 Å². The second-order valence-corrected chi connectivity index (χ2v) is 4.06. The molecule has 0 bridgehead atoms. The van der Waals surface area contributed by atoms with Crippen LogP contribution < -0.4 is 4.74 Å². The number of nitrogens with zero attached hydrogens (tertiary/aromatic N) is 1. The Morgan fingerprint density at radius 3 is 2.75 bits per heavy atom. The van der Waals surface area contributed by atoms with Crippen molar-refractivity contribution in [1.82, 2.24) is 4.98 Å². The number of hydrogen-bond donors (Lipinski definition) is 1. The second kappa shape index (κ2) is 5.37. The first-order valence-electron chi connectivity index (χ1n) is 4.19. The molecular weight excluding hydrogens is 335 g/mol. The molecule has 4 nitrogen and oxygen atoms in total. The highest BCUT2D eigenvalue weighted by atomic mass is 127. The normalized spacial score (nSPS) is 10.6. The minimum atomic E-state index is -2.82. The fraction of sp³-hybridized carbons (Fsp3) is 0.333. The topological polar surface area (TPSA) is 59.4 Å². The van der Waals surface area contributed by atoms with Crippen LogP contribution in [0.15, 0.2) is 6.07 Å². The van der Waals surface area contributed by atoms with Gasteiger partial charge in [0.1, 0.15) is 5.69 Å². The molecule has 0 saturated heterocycles. The number of pyridine rings is 1. The summed E-state index contributed by atoms with van der Waals surface area (Å²) in [4.78, 5) is 14.1. The fourth-order valence-corrected chi connectivity index (χ4v) is 1.88. The average Bonchev–Trinajstić information content (AvgIpc) is 2.16. The molecule has 16 heavy (non-hydrogen) atoms. The highest BCUT2D eigenvalue weighted by Gasteiger charge is 2.20. The van der Waals surface area contributed by atoms with Gasteiger partial charge in [-0.15, -0.1) is 0 Å². The average molecular weight is 343 g/mol. The van der Waals surface area contributed by atoms with E-state index in [0.29, 0.717) is 3.57 Å². The van der Waals surface area contributed by atoms with E-state index in [0.717, 1.165) is 0 Å². The lowest BCUT2D eigenvalue weighted by Gasteiger charge is -2.09. The van der Waals surface area contributed by atoms with E-state index >= 15 is 0 Å². The van der Waals surface area contributed by atoms with Gasteiger partial charge in [0, 0.05) is 0 Å². The predicted octanol–water partition coefficient (Wildman–Crippen LogP) is 2.26. The van der Waals surface area contributed by atoms with Crippen LogP contribution in [0, 0.1) is 3.57 Å². The van der Waals surface area contributed by atoms with Crippen molar-refractivity contribution >= 4 is 28.6 Å². The number of carboxylic acids is 1. The van der Waals surface area contributed by atoms with E-state index < -0.39 is 24.5 Å². The van der Waals surface area contributed by atoms with E-state index in [9.17, 15) is 13.6 Å². The Bertz CT molecular complexity index is 412. The molecule has 0 spiro atoms. The van der Waals surface area contributed by atoms with Crippen LogP contribution in [0.1, 0.15) is 17.7 Å². The van der Waals surface area contributed by atoms with Crippen LogP contribution in [0.25, 0.3) is 0 Å². The maximum Gasteiger partial charge on any atom is 0.307 e. The molecular formula is C9H8F2INO3. The van der Waals surface area contributed by atoms with Crippen molar-refractivity contribution in [3.63, 3.8) is 0 Å². The van der Waals surface area contributed by atoms with Crippen molar-refractivity contribution in [3.05, 3.63) is 20.9 Å². The van der Waals surface area contributed by atoms with E-state index in [4.69, 9.17) is 9.84 Å². The fourth-order valence-electron chi connectivity index (χ4n) is 1.16. The molecule has 0 amide bonds. The predicted molar refractivity (Wildman–Crippen MR) is 59.8 cm³/mol. The minimum absolute atomic E-state index is 0.00713. The van der Waals surface area contributed by atoms with Gasteiger partial charge in [0.05, 0.1) is 17.1 Å². The van der Waals surface area contributed by atoms with E-state index in [1.165, 1.54) is 13.2 Å². The third-order valence-electron chi connectivity index (χ3n) is 1.80. The van der Waals surface area contributed by atoms with Gasteiger partial charge in [-0.05, 0) is 34.2 Å². The number of carbonyl (C=O) groups is 1. The lowest BCUT2D eigenvalue weighted by atomic mass is 10.1. The highest BCUT2D eigenvalue weighted by Crippen LogP contribution is 2.28. The highest BCUT2D eigenvalue weighted by molar-refractivity contribution is 14.1. The first-order chi connectivity index (χ1) is 7.45. The number of hydrogen-bond acceptors (Lipinski definition) is 3. The number of aromatic nitrogens is 1. The van der Waals surface area contributed by atoms with Crippen LogP contribution >= 0.6 is 22.6 Å². The molecule has 0 aliphatic heterocycles. The van der Waals surface area contributed by atoms with Crippen molar-refractivity contribution in [3.8, 4) is 5.88 Å². The van der Waals surface area contributed by atoms with Gasteiger partial charge in [0.25, 0.3) is 6.43 Å². The zero-order valence-corrected chi connectivity index (χ0v) is 10.4. The Labute approximate surface area is 104 Å². The maximum atomic E-state index is 12.6. The molecule has 0 saturated carbocycles. The lowest BCUT2D eigenvalue weighted by Crippen LogP contribution is -2.08. The molecule has 0 fully saturated rings. The van der Waals surface area contributed by atoms with E-state index in [-0.39, 0.29) is 11.4 Å². The third-order valence-corrected chi connectivity index (χ3v) is 2.57. The number of methoxy groups -OCH3 is 1. The third kappa shape index (κ3) is 3.00. The minimum Gasteiger partial charge on any atom is -0.481 e. The molecule has 1 heterocycles. The quantitative estimate of drug-likeness (QED) is 0.852. The van der Waals surface area contributed by atoms with Crippen LogP contribution in [-0.4, -0.2) is 23.2 Å². The van der Waals surface area contributed by atoms with Crippen LogP contribution in [0.3, 0.4) is 0 Å². The molecule has 1 rings (SSSR count). The Morgan fingerprint density at radius 1 is 1.69 bits per heavy atom. The van der Waals surface area contributed by atoms with Crippen LogP contribution in [0.2, 0.25) is 0 Å². The van der Waals surface area contributed by atoms with Gasteiger partial charge in [-0.25, -0.2) is 13.8 Å². The summed E-state index contributed by atoms with van der Waals surface area (Å²) in [6.45, 7) is 0. The van der Waals surface area contributed by atoms with E-state index in [1.807, 2.05) is 22.6 Å². The molecule has 0 aliphatic rings. The zero-order valence-electron chi connectivity index (χ0n) is 8.21. The molecule has 1 aromatic heterocycles. The number of halogens is 3. The Morgan fingerprint density at radius 2 is 2.31 bits per heavy atom. The summed E-state index contributed by atoms with van der Waals surface area (Å²) in [5.41, 5.74) is -0.535. The second-order valence-electron chi connectivity index (χ2n) is 2.90. The summed E-state index contributed by atoms with van der Waals surface area (Å²) < 4.78 is 30.5. The van der Waals surface area contributed by atoms with Crippen molar-refractivity contribution in [2.75, 3.05) is 7.11 Å². The summed E-state index contributed by atoms with van der Waals surface area (Å²) in [6.07, 6.45) is -3.30. The summed E-state index contributed by atoms with van der Waals surface area (Å²) in [6, 6.07) is 1.35. The van der Waals surface area contributed by atoms with Crippen molar-refractivity contribution in [2.24, 2.45) is 0 Å². The van der Waals surface area contributed by atoms with Gasteiger partial charge in [-0.2, -0.15) is 0 Å². The first kappa shape index (κ1) is 13.1. The summed E-state index contributed by atoms with van der Waals surface area (Å²) in [5, 5.41) is 8.58. The Kier molecular flexibility index (Phi) is 4.39. The molecule has 0 atom stereocenters. The molecule has 0 radical (unpaired) electrons. The number of alkyl halides is 2. The molecule has 7 heteroatoms. The first-order valence-corrected chi connectivity index (χ1v) is 5.26. The summed E-state index contributed by atoms with van der Waals surface area (Å²) in [7, 11) is 1.32. The van der Waals surface area contributed by atoms with E-state index in [2.05, 4.69) is 4.98 Å². The molecule has 0 aromatic carbocycles. The molecule has 1 N–H and O–H groups in total. The van der Waals surface area contributed by atoms with Gasteiger partial charge < -0.3 is 9.84 Å². The molecule has 0 unspecified atom stereocenters. The smallest absolute Gasteiger partial charge is 0.307 e. The van der Waals surface area contributed by atoms with Gasteiger partial charge in [0.2, 0.25) is 5.88 Å². The molecule has 1 aromatic rings. The standard InChI is InChI=1S/C9H8F2INO3/c1-16-9-5(12)2-4(3-6(14)15)7(13-9)8(10)11/h2,8H,3H2,1H3,(H,14,15). The van der Waals surface area contributed by atoms with Gasteiger partial charge in [-0.3, -0.25) is 4.79 Å². The number of carboxylic acid groups (broad SMARTS) is 1. The summed E-state index contributed by atoms with van der Waals surface area (Å²) >= 11 is 1.85. The lowest BCUT2D eigenvalue weighted by molar-refractivity contribution is -0.136. The van der Waals surface area contributed by atoms with Crippen molar-refractivity contribution in [2.45, 2.75) is 12.8 Å². The molecule has 88 valence electrons. The Hall–Kier alpha value is -0.990. The zero-order chi connectivity index (χ0) is 12.3. The molecule has 0 aliphatic carbocycles. The van der Waals surface area contributed by atoms with Crippen molar-refractivity contribution in [1.29, 1.82) is 0 Å². The number of aliphatic carboxylic acids is 1. The summed E-state index contributed by atoms with van der Waals surface area (Å²) in [5.74, 6) is -1.10. The van der Waals surface area contributed by atoms with Gasteiger partial charge >= 0.3 is 5.97 Å². The SMILES string of the molecule is COc1nc(C(F)F)c(CC(=O)O)cc1I. The largest absolute Gasteiger partial charge is 0.481 e. The Balaban J connectivity index is 3.24.